The van der Waals surface area contributed by atoms with Crippen LogP contribution in [-0.4, -0.2) is 42.0 Å². The van der Waals surface area contributed by atoms with Crippen molar-refractivity contribution in [3.63, 3.8) is 0 Å². The molecular formula is C15H18ClN3O. The summed E-state index contributed by atoms with van der Waals surface area (Å²) in [6.07, 6.45) is 1.01. The number of carbonyl (C=O) groups excluding carboxylic acids is 1. The number of carbonyl (C=O) groups is 1. The molecule has 1 aliphatic rings. The van der Waals surface area contributed by atoms with Crippen LogP contribution in [-0.2, 0) is 0 Å². The van der Waals surface area contributed by atoms with Gasteiger partial charge >= 0.3 is 0 Å². The molecule has 1 fully saturated rings. The van der Waals surface area contributed by atoms with Crippen molar-refractivity contribution < 1.29 is 4.79 Å². The van der Waals surface area contributed by atoms with E-state index in [1.54, 1.807) is 0 Å². The maximum Gasteiger partial charge on any atom is 0.270 e. The number of likely N-dealkylation sites (tertiary alicyclic amines) is 1. The maximum absolute atomic E-state index is 12.5. The molecule has 1 aliphatic heterocycles. The second kappa shape index (κ2) is 5.11. The van der Waals surface area contributed by atoms with E-state index in [1.165, 1.54) is 0 Å². The van der Waals surface area contributed by atoms with Crippen molar-refractivity contribution in [3.05, 3.63) is 34.5 Å². The van der Waals surface area contributed by atoms with E-state index in [1.807, 2.05) is 37.1 Å². The number of hydrogen-bond donors (Lipinski definition) is 2. The van der Waals surface area contributed by atoms with Gasteiger partial charge in [0.15, 0.2) is 0 Å². The third-order valence-electron chi connectivity index (χ3n) is 4.00. The molecule has 3 rings (SSSR count). The van der Waals surface area contributed by atoms with Crippen LogP contribution >= 0.6 is 11.6 Å². The van der Waals surface area contributed by atoms with Crippen molar-refractivity contribution >= 4 is 28.4 Å². The first-order chi connectivity index (χ1) is 9.58. The zero-order chi connectivity index (χ0) is 14.3. The number of aromatic nitrogens is 1. The summed E-state index contributed by atoms with van der Waals surface area (Å²) in [5.41, 5.74) is 2.69. The van der Waals surface area contributed by atoms with Crippen molar-refractivity contribution in [2.24, 2.45) is 0 Å². The van der Waals surface area contributed by atoms with Crippen LogP contribution in [0.1, 0.15) is 22.5 Å². The summed E-state index contributed by atoms with van der Waals surface area (Å²) in [6, 6.07) is 6.09. The summed E-state index contributed by atoms with van der Waals surface area (Å²) >= 11 is 6.06. The fraction of sp³-hybridized carbons (Fsp3) is 0.400. The molecule has 1 aromatic carbocycles. The van der Waals surface area contributed by atoms with E-state index in [-0.39, 0.29) is 5.91 Å². The number of nitrogens with zero attached hydrogens (tertiary/aromatic N) is 1. The number of aryl methyl sites for hydroxylation is 1. The van der Waals surface area contributed by atoms with Gasteiger partial charge in [-0.1, -0.05) is 11.6 Å². The number of H-pyrrole nitrogens is 1. The molecule has 0 aliphatic carbocycles. The first-order valence-corrected chi connectivity index (χ1v) is 7.21. The number of halogens is 1. The lowest BCUT2D eigenvalue weighted by Gasteiger charge is -2.15. The van der Waals surface area contributed by atoms with Crippen molar-refractivity contribution in [3.8, 4) is 0 Å². The van der Waals surface area contributed by atoms with Gasteiger partial charge in [-0.2, -0.15) is 0 Å². The Morgan fingerprint density at radius 1 is 1.45 bits per heavy atom. The Bertz CT molecular complexity index is 664. The van der Waals surface area contributed by atoms with Crippen molar-refractivity contribution in [2.75, 3.05) is 20.1 Å². The molecule has 20 heavy (non-hydrogen) atoms. The summed E-state index contributed by atoms with van der Waals surface area (Å²) in [7, 11) is 1.94. The van der Waals surface area contributed by atoms with Crippen LogP contribution in [0, 0.1) is 6.92 Å². The predicted molar refractivity (Wildman–Crippen MR) is 81.4 cm³/mol. The zero-order valence-corrected chi connectivity index (χ0v) is 12.4. The molecule has 2 heterocycles. The Hall–Kier alpha value is -1.52. The molecule has 0 unspecified atom stereocenters. The minimum Gasteiger partial charge on any atom is -0.350 e. The Morgan fingerprint density at radius 3 is 2.95 bits per heavy atom. The number of benzene rings is 1. The van der Waals surface area contributed by atoms with E-state index in [2.05, 4.69) is 10.3 Å². The Balaban J connectivity index is 1.91. The number of likely N-dealkylation sites (N-methyl/N-ethyl adjacent to an activating group) is 1. The Labute approximate surface area is 123 Å². The van der Waals surface area contributed by atoms with Crippen molar-refractivity contribution in [2.45, 2.75) is 19.4 Å². The number of aromatic amines is 1. The zero-order valence-electron chi connectivity index (χ0n) is 11.7. The number of amides is 1. The first kappa shape index (κ1) is 13.5. The van der Waals surface area contributed by atoms with E-state index in [4.69, 9.17) is 11.6 Å². The molecular weight excluding hydrogens is 274 g/mol. The quantitative estimate of drug-likeness (QED) is 0.893. The van der Waals surface area contributed by atoms with Gasteiger partial charge in [0.2, 0.25) is 0 Å². The molecule has 0 bridgehead atoms. The lowest BCUT2D eigenvalue weighted by atomic mass is 10.2. The van der Waals surface area contributed by atoms with Gasteiger partial charge in [-0.15, -0.1) is 0 Å². The van der Waals surface area contributed by atoms with Gasteiger partial charge in [-0.05, 0) is 44.2 Å². The van der Waals surface area contributed by atoms with E-state index in [9.17, 15) is 4.79 Å². The molecule has 5 heteroatoms. The van der Waals surface area contributed by atoms with Crippen LogP contribution in [0.2, 0.25) is 5.02 Å². The third-order valence-corrected chi connectivity index (χ3v) is 4.22. The molecule has 4 nitrogen and oxygen atoms in total. The number of nitrogens with one attached hydrogen (secondary N) is 2. The Morgan fingerprint density at radius 2 is 2.25 bits per heavy atom. The lowest BCUT2D eigenvalue weighted by Crippen LogP contribution is -2.33. The SMILES string of the molecule is CN[C@@H]1CCN(C(=O)c2cc3cc(Cl)cc(C)c3[nH]2)C1. The summed E-state index contributed by atoms with van der Waals surface area (Å²) in [4.78, 5) is 17.6. The van der Waals surface area contributed by atoms with Gasteiger partial charge in [0.1, 0.15) is 5.69 Å². The van der Waals surface area contributed by atoms with E-state index in [0.29, 0.717) is 16.8 Å². The smallest absolute Gasteiger partial charge is 0.270 e. The highest BCUT2D eigenvalue weighted by atomic mass is 35.5. The summed E-state index contributed by atoms with van der Waals surface area (Å²) in [6.45, 7) is 3.57. The van der Waals surface area contributed by atoms with Crippen LogP contribution in [0.4, 0.5) is 0 Å². The highest BCUT2D eigenvalue weighted by Gasteiger charge is 2.26. The molecule has 0 spiro atoms. The lowest BCUT2D eigenvalue weighted by molar-refractivity contribution is 0.0785. The van der Waals surface area contributed by atoms with Crippen LogP contribution < -0.4 is 5.32 Å². The highest BCUT2D eigenvalue weighted by Crippen LogP contribution is 2.25. The van der Waals surface area contributed by atoms with Gasteiger partial charge in [-0.3, -0.25) is 4.79 Å². The molecule has 0 radical (unpaired) electrons. The van der Waals surface area contributed by atoms with Crippen LogP contribution in [0.3, 0.4) is 0 Å². The molecule has 1 saturated heterocycles. The summed E-state index contributed by atoms with van der Waals surface area (Å²) in [5.74, 6) is 0.0643. The first-order valence-electron chi connectivity index (χ1n) is 6.84. The van der Waals surface area contributed by atoms with Crippen LogP contribution in [0.5, 0.6) is 0 Å². The molecule has 1 atom stereocenters. The van der Waals surface area contributed by atoms with Gasteiger partial charge in [-0.25, -0.2) is 0 Å². The fourth-order valence-electron chi connectivity index (χ4n) is 2.85. The summed E-state index contributed by atoms with van der Waals surface area (Å²) in [5, 5.41) is 4.91. The molecule has 2 aromatic rings. The minimum atomic E-state index is 0.0643. The number of hydrogen-bond acceptors (Lipinski definition) is 2. The molecule has 1 aromatic heterocycles. The van der Waals surface area contributed by atoms with Crippen molar-refractivity contribution in [1.29, 1.82) is 0 Å². The standard InChI is InChI=1S/C15H18ClN3O/c1-9-5-11(16)6-10-7-13(18-14(9)10)15(20)19-4-3-12(8-19)17-2/h5-7,12,17-18H,3-4,8H2,1-2H3/t12-/m1/s1. The van der Waals surface area contributed by atoms with Crippen LogP contribution in [0.15, 0.2) is 18.2 Å². The molecule has 2 N–H and O–H groups in total. The third kappa shape index (κ3) is 2.30. The van der Waals surface area contributed by atoms with Gasteiger partial charge in [0, 0.05) is 35.1 Å². The minimum absolute atomic E-state index is 0.0643. The monoisotopic (exact) mass is 291 g/mol. The average molecular weight is 292 g/mol. The highest BCUT2D eigenvalue weighted by molar-refractivity contribution is 6.31. The number of fused-ring (bicyclic) bond motifs is 1. The second-order valence-electron chi connectivity index (χ2n) is 5.40. The summed E-state index contributed by atoms with van der Waals surface area (Å²) < 4.78 is 0. The van der Waals surface area contributed by atoms with E-state index < -0.39 is 0 Å². The van der Waals surface area contributed by atoms with E-state index >= 15 is 0 Å². The van der Waals surface area contributed by atoms with Gasteiger partial charge < -0.3 is 15.2 Å². The molecule has 1 amide bonds. The maximum atomic E-state index is 12.5. The molecule has 106 valence electrons. The second-order valence-corrected chi connectivity index (χ2v) is 5.83. The van der Waals surface area contributed by atoms with Gasteiger partial charge in [0.05, 0.1) is 0 Å². The number of rotatable bonds is 2. The topological polar surface area (TPSA) is 48.1 Å². The fourth-order valence-corrected chi connectivity index (χ4v) is 3.13. The largest absolute Gasteiger partial charge is 0.350 e. The average Bonchev–Trinajstić information content (AvgIpc) is 3.03. The normalized spacial score (nSPS) is 18.9. The van der Waals surface area contributed by atoms with Crippen molar-refractivity contribution in [1.82, 2.24) is 15.2 Å². The van der Waals surface area contributed by atoms with E-state index in [0.717, 1.165) is 36.0 Å². The Kier molecular flexibility index (Phi) is 3.44. The van der Waals surface area contributed by atoms with Crippen LogP contribution in [0.25, 0.3) is 10.9 Å². The van der Waals surface area contributed by atoms with Gasteiger partial charge in [0.25, 0.3) is 5.91 Å². The predicted octanol–water partition coefficient (Wildman–Crippen LogP) is 2.56. The molecule has 0 saturated carbocycles.